The summed E-state index contributed by atoms with van der Waals surface area (Å²) in [5.74, 6) is 0.275. The number of urea groups is 1. The van der Waals surface area contributed by atoms with Crippen LogP contribution in [0.1, 0.15) is 40.0 Å². The topological polar surface area (TPSA) is 70.2 Å². The minimum atomic E-state index is -0.492. The van der Waals surface area contributed by atoms with Crippen LogP contribution >= 0.6 is 0 Å². The van der Waals surface area contributed by atoms with Gasteiger partial charge < -0.3 is 16.0 Å². The van der Waals surface area contributed by atoms with Gasteiger partial charge in [0.05, 0.1) is 0 Å². The Morgan fingerprint density at radius 1 is 1.24 bits per heavy atom. The van der Waals surface area contributed by atoms with Crippen molar-refractivity contribution in [3.63, 3.8) is 0 Å². The monoisotopic (exact) mass is 241 g/mol. The standard InChI is InChI=1S/C12H23N3O2/c1-8(2)7-13-11(16)9(3)14-12(17)15-10-5-4-6-10/h8-10H,4-7H2,1-3H3,(H,13,16)(H2,14,15,17). The van der Waals surface area contributed by atoms with E-state index in [0.717, 1.165) is 12.8 Å². The van der Waals surface area contributed by atoms with Gasteiger partial charge >= 0.3 is 6.03 Å². The maximum absolute atomic E-state index is 11.6. The molecule has 0 aromatic rings. The van der Waals surface area contributed by atoms with Crippen LogP contribution in [0.4, 0.5) is 4.79 Å². The second-order valence-electron chi connectivity index (χ2n) is 5.11. The molecule has 1 aliphatic carbocycles. The summed E-state index contributed by atoms with van der Waals surface area (Å²) >= 11 is 0. The van der Waals surface area contributed by atoms with Crippen LogP contribution in [0.15, 0.2) is 0 Å². The van der Waals surface area contributed by atoms with Gasteiger partial charge in [-0.25, -0.2) is 4.79 Å². The smallest absolute Gasteiger partial charge is 0.315 e. The highest BCUT2D eigenvalue weighted by Crippen LogP contribution is 2.17. The molecule has 0 spiro atoms. The van der Waals surface area contributed by atoms with Gasteiger partial charge in [-0.1, -0.05) is 13.8 Å². The summed E-state index contributed by atoms with van der Waals surface area (Å²) in [6, 6.07) is -0.448. The summed E-state index contributed by atoms with van der Waals surface area (Å²) in [5.41, 5.74) is 0. The molecule has 0 bridgehead atoms. The molecule has 98 valence electrons. The summed E-state index contributed by atoms with van der Waals surface area (Å²) in [5, 5.41) is 8.26. The van der Waals surface area contributed by atoms with Crippen molar-refractivity contribution in [2.75, 3.05) is 6.54 Å². The molecule has 1 rings (SSSR count). The average Bonchev–Trinajstić information content (AvgIpc) is 2.19. The Balaban J connectivity index is 2.19. The van der Waals surface area contributed by atoms with Crippen LogP contribution in [0.5, 0.6) is 0 Å². The second-order valence-corrected chi connectivity index (χ2v) is 5.11. The number of carbonyl (C=O) groups is 2. The van der Waals surface area contributed by atoms with Gasteiger partial charge in [-0.05, 0) is 32.1 Å². The predicted molar refractivity (Wildman–Crippen MR) is 66.6 cm³/mol. The van der Waals surface area contributed by atoms with E-state index in [9.17, 15) is 9.59 Å². The van der Waals surface area contributed by atoms with Crippen LogP contribution in [-0.2, 0) is 4.79 Å². The van der Waals surface area contributed by atoms with Crippen LogP contribution in [0.3, 0.4) is 0 Å². The van der Waals surface area contributed by atoms with E-state index in [2.05, 4.69) is 16.0 Å². The molecule has 5 nitrogen and oxygen atoms in total. The zero-order valence-corrected chi connectivity index (χ0v) is 10.9. The Kier molecular flexibility index (Phi) is 5.25. The van der Waals surface area contributed by atoms with E-state index < -0.39 is 6.04 Å². The summed E-state index contributed by atoms with van der Waals surface area (Å²) in [4.78, 5) is 23.1. The first-order valence-electron chi connectivity index (χ1n) is 6.33. The molecule has 0 aromatic carbocycles. The molecule has 1 aliphatic rings. The van der Waals surface area contributed by atoms with Crippen LogP contribution in [-0.4, -0.2) is 30.6 Å². The molecule has 3 amide bonds. The largest absolute Gasteiger partial charge is 0.354 e. The fourth-order valence-electron chi connectivity index (χ4n) is 1.50. The maximum Gasteiger partial charge on any atom is 0.315 e. The number of carbonyl (C=O) groups excluding carboxylic acids is 2. The Morgan fingerprint density at radius 3 is 2.35 bits per heavy atom. The van der Waals surface area contributed by atoms with E-state index in [1.807, 2.05) is 13.8 Å². The number of nitrogens with one attached hydrogen (secondary N) is 3. The first kappa shape index (κ1) is 13.8. The lowest BCUT2D eigenvalue weighted by atomic mass is 9.93. The molecule has 0 heterocycles. The quantitative estimate of drug-likeness (QED) is 0.672. The highest BCUT2D eigenvalue weighted by molar-refractivity contribution is 5.86. The Labute approximate surface area is 103 Å². The van der Waals surface area contributed by atoms with Crippen LogP contribution < -0.4 is 16.0 Å². The first-order valence-corrected chi connectivity index (χ1v) is 6.33. The van der Waals surface area contributed by atoms with Gasteiger partial charge in [0.25, 0.3) is 0 Å². The third-order valence-corrected chi connectivity index (χ3v) is 2.87. The Bertz CT molecular complexity index is 275. The number of amides is 3. The fourth-order valence-corrected chi connectivity index (χ4v) is 1.50. The SMILES string of the molecule is CC(C)CNC(=O)C(C)NC(=O)NC1CCC1. The van der Waals surface area contributed by atoms with Crippen LogP contribution in [0, 0.1) is 5.92 Å². The lowest BCUT2D eigenvalue weighted by Crippen LogP contribution is -2.52. The highest BCUT2D eigenvalue weighted by Gasteiger charge is 2.21. The molecule has 0 aliphatic heterocycles. The molecule has 1 atom stereocenters. The van der Waals surface area contributed by atoms with Gasteiger partial charge in [0.2, 0.25) is 5.91 Å². The van der Waals surface area contributed by atoms with E-state index in [1.54, 1.807) is 6.92 Å². The minimum absolute atomic E-state index is 0.137. The minimum Gasteiger partial charge on any atom is -0.354 e. The lowest BCUT2D eigenvalue weighted by molar-refractivity contribution is -0.122. The second kappa shape index (κ2) is 6.47. The third kappa shape index (κ3) is 5.06. The summed E-state index contributed by atoms with van der Waals surface area (Å²) in [6.45, 7) is 6.38. The normalized spacial score (nSPS) is 17.2. The van der Waals surface area contributed by atoms with E-state index in [1.165, 1.54) is 6.42 Å². The van der Waals surface area contributed by atoms with Crippen molar-refractivity contribution in [2.45, 2.75) is 52.1 Å². The van der Waals surface area contributed by atoms with Crippen molar-refractivity contribution in [3.05, 3.63) is 0 Å². The van der Waals surface area contributed by atoms with Gasteiger partial charge in [-0.3, -0.25) is 4.79 Å². The Hall–Kier alpha value is -1.26. The molecule has 0 aromatic heterocycles. The molecule has 1 unspecified atom stereocenters. The number of rotatable bonds is 5. The zero-order chi connectivity index (χ0) is 12.8. The van der Waals surface area contributed by atoms with Crippen molar-refractivity contribution in [2.24, 2.45) is 5.92 Å². The highest BCUT2D eigenvalue weighted by atomic mass is 16.2. The molecule has 3 N–H and O–H groups in total. The van der Waals surface area contributed by atoms with E-state index in [0.29, 0.717) is 18.5 Å². The van der Waals surface area contributed by atoms with Crippen molar-refractivity contribution < 1.29 is 9.59 Å². The molecular formula is C12H23N3O2. The van der Waals surface area contributed by atoms with Gasteiger partial charge in [-0.15, -0.1) is 0 Å². The number of hydrogen-bond acceptors (Lipinski definition) is 2. The van der Waals surface area contributed by atoms with Gasteiger partial charge in [0.15, 0.2) is 0 Å². The van der Waals surface area contributed by atoms with Crippen molar-refractivity contribution >= 4 is 11.9 Å². The zero-order valence-electron chi connectivity index (χ0n) is 10.9. The fraction of sp³-hybridized carbons (Fsp3) is 0.833. The molecule has 5 heteroatoms. The Morgan fingerprint density at radius 2 is 1.88 bits per heavy atom. The summed E-state index contributed by atoms with van der Waals surface area (Å²) in [6.07, 6.45) is 3.26. The van der Waals surface area contributed by atoms with Crippen molar-refractivity contribution in [1.82, 2.24) is 16.0 Å². The van der Waals surface area contributed by atoms with Gasteiger partial charge in [-0.2, -0.15) is 0 Å². The molecular weight excluding hydrogens is 218 g/mol. The third-order valence-electron chi connectivity index (χ3n) is 2.87. The summed E-state index contributed by atoms with van der Waals surface area (Å²) in [7, 11) is 0. The van der Waals surface area contributed by atoms with Crippen molar-refractivity contribution in [3.8, 4) is 0 Å². The molecule has 1 fully saturated rings. The summed E-state index contributed by atoms with van der Waals surface area (Å²) < 4.78 is 0. The van der Waals surface area contributed by atoms with Crippen molar-refractivity contribution in [1.29, 1.82) is 0 Å². The molecule has 17 heavy (non-hydrogen) atoms. The van der Waals surface area contributed by atoms with E-state index in [-0.39, 0.29) is 11.9 Å². The maximum atomic E-state index is 11.6. The van der Waals surface area contributed by atoms with Gasteiger partial charge in [0.1, 0.15) is 6.04 Å². The van der Waals surface area contributed by atoms with E-state index in [4.69, 9.17) is 0 Å². The van der Waals surface area contributed by atoms with Crippen LogP contribution in [0.25, 0.3) is 0 Å². The molecule has 0 saturated heterocycles. The van der Waals surface area contributed by atoms with Gasteiger partial charge in [0, 0.05) is 12.6 Å². The lowest BCUT2D eigenvalue weighted by Gasteiger charge is -2.27. The van der Waals surface area contributed by atoms with E-state index >= 15 is 0 Å². The predicted octanol–water partition coefficient (Wildman–Crippen LogP) is 0.999. The first-order chi connectivity index (χ1) is 7.99. The molecule has 0 radical (unpaired) electrons. The number of hydrogen-bond donors (Lipinski definition) is 3. The molecule has 1 saturated carbocycles. The average molecular weight is 241 g/mol. The van der Waals surface area contributed by atoms with Crippen LogP contribution in [0.2, 0.25) is 0 Å².